The minimum absolute atomic E-state index is 0.0723. The van der Waals surface area contributed by atoms with Gasteiger partial charge in [0.1, 0.15) is 36.2 Å². The molecule has 3 aliphatic rings. The normalized spacial score (nSPS) is 18.1. The molecule has 1 atom stereocenters. The number of hydrogen-bond acceptors (Lipinski definition) is 9. The van der Waals surface area contributed by atoms with Crippen LogP contribution in [0.25, 0.3) is 16.6 Å². The van der Waals surface area contributed by atoms with E-state index in [1.807, 2.05) is 0 Å². The SMILES string of the molecule is CC(C)n1cc(C(=O)NC2C=CC(Oc3ccnc4cc(OCCCN5CCC(C)(C)CC5)c5c(c34)OCCO5)=C(F)C2)c(=O)n(-c2ccc(F)cc2)c1=O. The number of ether oxygens (including phenoxy) is 4. The van der Waals surface area contributed by atoms with Gasteiger partial charge in [-0.1, -0.05) is 19.9 Å². The molecule has 55 heavy (non-hydrogen) atoms. The number of nitrogens with one attached hydrogen (secondary N) is 1. The molecule has 2 aliphatic heterocycles. The van der Waals surface area contributed by atoms with Crippen molar-refractivity contribution in [2.24, 2.45) is 5.41 Å². The molecule has 14 heteroatoms. The van der Waals surface area contributed by atoms with Crippen LogP contribution in [0.4, 0.5) is 8.78 Å². The zero-order valence-corrected chi connectivity index (χ0v) is 31.4. The summed E-state index contributed by atoms with van der Waals surface area (Å²) in [7, 11) is 0. The van der Waals surface area contributed by atoms with E-state index < -0.39 is 40.9 Å². The number of carbonyl (C=O) groups is 1. The number of pyridine rings is 1. The van der Waals surface area contributed by atoms with Gasteiger partial charge in [0.25, 0.3) is 11.5 Å². The van der Waals surface area contributed by atoms with Crippen molar-refractivity contribution >= 4 is 16.8 Å². The zero-order valence-electron chi connectivity index (χ0n) is 31.4. The Kier molecular flexibility index (Phi) is 10.8. The number of piperidine rings is 1. The lowest BCUT2D eigenvalue weighted by Crippen LogP contribution is -2.45. The summed E-state index contributed by atoms with van der Waals surface area (Å²) in [6, 6.07) is 6.93. The van der Waals surface area contributed by atoms with Crippen LogP contribution in [0.1, 0.15) is 69.8 Å². The first kappa shape index (κ1) is 37.8. The number of allylic oxidation sites excluding steroid dienone is 1. The Bertz CT molecular complexity index is 2270. The Morgan fingerprint density at radius 1 is 1.04 bits per heavy atom. The van der Waals surface area contributed by atoms with E-state index >= 15 is 4.39 Å². The zero-order chi connectivity index (χ0) is 38.9. The van der Waals surface area contributed by atoms with Crippen LogP contribution in [-0.4, -0.2) is 70.4 Å². The smallest absolute Gasteiger partial charge is 0.335 e. The van der Waals surface area contributed by atoms with Gasteiger partial charge in [-0.2, -0.15) is 0 Å². The number of nitrogens with zero attached hydrogens (tertiary/aromatic N) is 4. The van der Waals surface area contributed by atoms with E-state index in [0.717, 1.165) is 42.8 Å². The lowest BCUT2D eigenvalue weighted by atomic mass is 9.83. The topological polar surface area (TPSA) is 126 Å². The van der Waals surface area contributed by atoms with E-state index in [0.29, 0.717) is 59.1 Å². The van der Waals surface area contributed by atoms with Gasteiger partial charge in [-0.05, 0) is 88.0 Å². The molecule has 4 heterocycles. The van der Waals surface area contributed by atoms with E-state index in [1.54, 1.807) is 38.3 Å². The predicted molar refractivity (Wildman–Crippen MR) is 203 cm³/mol. The van der Waals surface area contributed by atoms with Gasteiger partial charge in [0, 0.05) is 37.5 Å². The summed E-state index contributed by atoms with van der Waals surface area (Å²) in [5, 5.41) is 3.18. The molecule has 1 fully saturated rings. The maximum absolute atomic E-state index is 15.7. The summed E-state index contributed by atoms with van der Waals surface area (Å²) in [5.41, 5.74) is -0.882. The van der Waals surface area contributed by atoms with Crippen LogP contribution in [0.5, 0.6) is 23.0 Å². The molecule has 290 valence electrons. The van der Waals surface area contributed by atoms with E-state index in [4.69, 9.17) is 18.9 Å². The summed E-state index contributed by atoms with van der Waals surface area (Å²) in [6.45, 7) is 12.3. The van der Waals surface area contributed by atoms with Gasteiger partial charge >= 0.3 is 5.69 Å². The number of carbonyl (C=O) groups excluding carboxylic acids is 1. The van der Waals surface area contributed by atoms with Crippen LogP contribution in [0.3, 0.4) is 0 Å². The highest BCUT2D eigenvalue weighted by Gasteiger charge is 2.28. The average Bonchev–Trinajstić information content (AvgIpc) is 3.15. The van der Waals surface area contributed by atoms with Gasteiger partial charge < -0.3 is 29.2 Å². The molecule has 0 saturated carbocycles. The first-order chi connectivity index (χ1) is 26.4. The Hall–Kier alpha value is -5.50. The molecule has 12 nitrogen and oxygen atoms in total. The molecule has 1 amide bonds. The minimum Gasteiger partial charge on any atom is -0.489 e. The third-order valence-corrected chi connectivity index (χ3v) is 10.2. The molecule has 0 spiro atoms. The molecule has 2 aromatic carbocycles. The highest BCUT2D eigenvalue weighted by molar-refractivity contribution is 5.96. The van der Waals surface area contributed by atoms with Gasteiger partial charge in [0.2, 0.25) is 5.75 Å². The lowest BCUT2D eigenvalue weighted by Gasteiger charge is -2.36. The average molecular weight is 758 g/mol. The lowest BCUT2D eigenvalue weighted by molar-refractivity contribution is 0.0939. The fourth-order valence-corrected chi connectivity index (χ4v) is 6.94. The first-order valence-corrected chi connectivity index (χ1v) is 18.6. The molecule has 7 rings (SSSR count). The second-order valence-corrected chi connectivity index (χ2v) is 15.1. The van der Waals surface area contributed by atoms with Crippen LogP contribution in [-0.2, 0) is 0 Å². The minimum atomic E-state index is -0.889. The Morgan fingerprint density at radius 3 is 2.47 bits per heavy atom. The van der Waals surface area contributed by atoms with Crippen molar-refractivity contribution in [3.05, 3.63) is 105 Å². The number of aromatic nitrogens is 3. The Morgan fingerprint density at radius 2 is 1.76 bits per heavy atom. The van der Waals surface area contributed by atoms with Crippen molar-refractivity contribution < 1.29 is 32.5 Å². The molecule has 0 radical (unpaired) electrons. The molecule has 1 unspecified atom stereocenters. The summed E-state index contributed by atoms with van der Waals surface area (Å²) < 4.78 is 55.8. The quantitative estimate of drug-likeness (QED) is 0.177. The second kappa shape index (κ2) is 15.7. The molecule has 1 N–H and O–H groups in total. The standard InChI is InChI=1S/C41H45F2N5O7/c1-25(2)47-24-29(39(50)48(40(47)51)28-9-6-26(42)7-10-28)38(49)45-27-8-11-32(30(43)22-27)55-33-12-15-44-31-23-34(36-37(35(31)33)54-21-20-53-36)52-19-5-16-46-17-13-41(3,4)14-18-46/h6-12,15,23-25,27H,5,13-14,16-22H2,1-4H3,(H,45,49). The number of halogens is 2. The van der Waals surface area contributed by atoms with E-state index in [2.05, 4.69) is 29.0 Å². The number of amides is 1. The third kappa shape index (κ3) is 8.14. The van der Waals surface area contributed by atoms with Gasteiger partial charge in [0.15, 0.2) is 17.3 Å². The van der Waals surface area contributed by atoms with E-state index in [1.165, 1.54) is 41.8 Å². The highest BCUT2D eigenvalue weighted by Crippen LogP contribution is 2.48. The number of rotatable bonds is 11. The van der Waals surface area contributed by atoms with Crippen molar-refractivity contribution in [1.82, 2.24) is 24.3 Å². The molecular formula is C41H45F2N5O7. The van der Waals surface area contributed by atoms with Crippen molar-refractivity contribution in [1.29, 1.82) is 0 Å². The van der Waals surface area contributed by atoms with Gasteiger partial charge in [-0.25, -0.2) is 18.1 Å². The Labute approximate surface area is 317 Å². The van der Waals surface area contributed by atoms with Gasteiger partial charge in [0.05, 0.1) is 29.2 Å². The maximum Gasteiger partial charge on any atom is 0.335 e. The summed E-state index contributed by atoms with van der Waals surface area (Å²) in [6.07, 6.45) is 8.66. The third-order valence-electron chi connectivity index (χ3n) is 10.2. The fourth-order valence-electron chi connectivity index (χ4n) is 6.94. The molecule has 0 bridgehead atoms. The summed E-state index contributed by atoms with van der Waals surface area (Å²) >= 11 is 0. The van der Waals surface area contributed by atoms with Crippen LogP contribution in [0, 0.1) is 11.2 Å². The highest BCUT2D eigenvalue weighted by atomic mass is 19.1. The molecule has 1 saturated heterocycles. The largest absolute Gasteiger partial charge is 0.489 e. The van der Waals surface area contributed by atoms with Crippen molar-refractivity contribution in [3.63, 3.8) is 0 Å². The predicted octanol–water partition coefficient (Wildman–Crippen LogP) is 6.25. The maximum atomic E-state index is 15.7. The van der Waals surface area contributed by atoms with Crippen LogP contribution >= 0.6 is 0 Å². The number of likely N-dealkylation sites (tertiary alicyclic amines) is 1. The first-order valence-electron chi connectivity index (χ1n) is 18.6. The summed E-state index contributed by atoms with van der Waals surface area (Å²) in [5.74, 6) is -0.417. The van der Waals surface area contributed by atoms with E-state index in [9.17, 15) is 18.8 Å². The summed E-state index contributed by atoms with van der Waals surface area (Å²) in [4.78, 5) is 47.1. The van der Waals surface area contributed by atoms with Crippen LogP contribution < -0.4 is 35.5 Å². The molecule has 4 aromatic rings. The second-order valence-electron chi connectivity index (χ2n) is 15.1. The van der Waals surface area contributed by atoms with Crippen LogP contribution in [0.2, 0.25) is 0 Å². The van der Waals surface area contributed by atoms with Crippen molar-refractivity contribution in [2.75, 3.05) is 39.5 Å². The van der Waals surface area contributed by atoms with E-state index in [-0.39, 0.29) is 23.4 Å². The van der Waals surface area contributed by atoms with Crippen molar-refractivity contribution in [2.45, 2.75) is 65.5 Å². The Balaban J connectivity index is 1.06. The molecule has 2 aromatic heterocycles. The van der Waals surface area contributed by atoms with Crippen molar-refractivity contribution in [3.8, 4) is 28.7 Å². The fraction of sp³-hybridized carbons (Fsp3) is 0.415. The number of benzene rings is 2. The molecular weight excluding hydrogens is 712 g/mol. The van der Waals surface area contributed by atoms with Crippen LogP contribution in [0.15, 0.2) is 82.1 Å². The monoisotopic (exact) mass is 757 g/mol. The number of hydrogen-bond donors (Lipinski definition) is 1. The van der Waals surface area contributed by atoms with Gasteiger partial charge in [-0.15, -0.1) is 0 Å². The molecule has 1 aliphatic carbocycles. The number of fused-ring (bicyclic) bond motifs is 3. The van der Waals surface area contributed by atoms with Gasteiger partial charge in [-0.3, -0.25) is 19.1 Å².